The van der Waals surface area contributed by atoms with E-state index in [4.69, 9.17) is 0 Å². The molecule has 3 heteroatoms. The molecule has 0 aliphatic carbocycles. The van der Waals surface area contributed by atoms with Gasteiger partial charge < -0.3 is 10.3 Å². The summed E-state index contributed by atoms with van der Waals surface area (Å²) in [7, 11) is 1.94. The summed E-state index contributed by atoms with van der Waals surface area (Å²) in [5, 5.41) is 3.19. The molecule has 0 saturated carbocycles. The number of nitrogens with zero attached hydrogens (tertiary/aromatic N) is 1. The zero-order valence-electron chi connectivity index (χ0n) is 7.59. The molecule has 0 aliphatic rings. The van der Waals surface area contributed by atoms with Gasteiger partial charge in [0.05, 0.1) is 6.33 Å². The van der Waals surface area contributed by atoms with E-state index in [1.54, 1.807) is 6.33 Å². The van der Waals surface area contributed by atoms with E-state index in [1.807, 2.05) is 20.2 Å². The first-order valence-corrected chi connectivity index (χ1v) is 4.04. The molecule has 1 rings (SSSR count). The summed E-state index contributed by atoms with van der Waals surface area (Å²) in [4.78, 5) is 7.02. The molecule has 1 unspecified atom stereocenters. The molecule has 1 aromatic heterocycles. The average Bonchev–Trinajstić information content (AvgIpc) is 2.51. The number of nitrogens with one attached hydrogen (secondary N) is 2. The summed E-state index contributed by atoms with van der Waals surface area (Å²) in [6.07, 6.45) is 4.46. The molecule has 0 amide bonds. The van der Waals surface area contributed by atoms with Crippen molar-refractivity contribution in [3.05, 3.63) is 30.4 Å². The van der Waals surface area contributed by atoms with Gasteiger partial charge in [-0.2, -0.15) is 0 Å². The Balaban J connectivity index is 2.54. The van der Waals surface area contributed by atoms with Crippen LogP contribution in [-0.2, 0) is 6.42 Å². The highest BCUT2D eigenvalue weighted by Crippen LogP contribution is 2.04. The fourth-order valence-electron chi connectivity index (χ4n) is 1.14. The van der Waals surface area contributed by atoms with Crippen LogP contribution in [0.15, 0.2) is 24.7 Å². The van der Waals surface area contributed by atoms with Crippen LogP contribution >= 0.6 is 0 Å². The zero-order chi connectivity index (χ0) is 8.97. The second-order valence-corrected chi connectivity index (χ2v) is 2.97. The zero-order valence-corrected chi connectivity index (χ0v) is 7.59. The maximum atomic E-state index is 3.96. The number of aromatic nitrogens is 2. The van der Waals surface area contributed by atoms with Crippen molar-refractivity contribution in [2.75, 3.05) is 7.05 Å². The molecule has 0 bridgehead atoms. The lowest BCUT2D eigenvalue weighted by Crippen LogP contribution is -2.28. The summed E-state index contributed by atoms with van der Waals surface area (Å²) >= 11 is 0. The molecular formula is C9H15N3. The van der Waals surface area contributed by atoms with Gasteiger partial charge in [0.15, 0.2) is 0 Å². The predicted molar refractivity (Wildman–Crippen MR) is 50.0 cm³/mol. The smallest absolute Gasteiger partial charge is 0.0921 e. The minimum absolute atomic E-state index is 0.338. The Bertz CT molecular complexity index is 238. The molecule has 0 aromatic carbocycles. The quantitative estimate of drug-likeness (QED) is 0.656. The summed E-state index contributed by atoms with van der Waals surface area (Å²) in [5.74, 6) is 0. The van der Waals surface area contributed by atoms with E-state index < -0.39 is 0 Å². The third kappa shape index (κ3) is 2.20. The molecule has 66 valence electrons. The van der Waals surface area contributed by atoms with Gasteiger partial charge in [0, 0.05) is 24.4 Å². The molecule has 3 nitrogen and oxygen atoms in total. The minimum atomic E-state index is 0.338. The van der Waals surface area contributed by atoms with Crippen molar-refractivity contribution in [2.45, 2.75) is 19.4 Å². The molecule has 0 spiro atoms. The number of H-pyrrole nitrogens is 1. The van der Waals surface area contributed by atoms with Gasteiger partial charge in [-0.25, -0.2) is 4.98 Å². The van der Waals surface area contributed by atoms with Gasteiger partial charge in [0.25, 0.3) is 0 Å². The molecule has 0 fully saturated rings. The van der Waals surface area contributed by atoms with Crippen molar-refractivity contribution in [3.63, 3.8) is 0 Å². The highest BCUT2D eigenvalue weighted by Gasteiger charge is 2.07. The van der Waals surface area contributed by atoms with Crippen LogP contribution in [-0.4, -0.2) is 23.1 Å². The molecule has 0 radical (unpaired) electrons. The van der Waals surface area contributed by atoms with Gasteiger partial charge in [-0.05, 0) is 14.0 Å². The van der Waals surface area contributed by atoms with E-state index in [1.165, 1.54) is 0 Å². The van der Waals surface area contributed by atoms with Crippen LogP contribution in [0.4, 0.5) is 0 Å². The summed E-state index contributed by atoms with van der Waals surface area (Å²) in [5.41, 5.74) is 2.28. The maximum Gasteiger partial charge on any atom is 0.0921 e. The average molecular weight is 165 g/mol. The van der Waals surface area contributed by atoms with Crippen molar-refractivity contribution in [2.24, 2.45) is 0 Å². The number of likely N-dealkylation sites (N-methyl/N-ethyl adjacent to an activating group) is 1. The largest absolute Gasteiger partial charge is 0.348 e. The molecule has 0 saturated heterocycles. The van der Waals surface area contributed by atoms with Crippen LogP contribution < -0.4 is 5.32 Å². The van der Waals surface area contributed by atoms with Crippen LogP contribution in [0.2, 0.25) is 0 Å². The Labute approximate surface area is 72.9 Å². The number of hydrogen-bond donors (Lipinski definition) is 2. The highest BCUT2D eigenvalue weighted by molar-refractivity contribution is 5.08. The summed E-state index contributed by atoms with van der Waals surface area (Å²) < 4.78 is 0. The first-order chi connectivity index (χ1) is 5.74. The van der Waals surface area contributed by atoms with E-state index in [9.17, 15) is 0 Å². The second-order valence-electron chi connectivity index (χ2n) is 2.97. The molecule has 1 aromatic rings. The maximum absolute atomic E-state index is 3.96. The Morgan fingerprint density at radius 1 is 1.83 bits per heavy atom. The van der Waals surface area contributed by atoms with E-state index in [-0.39, 0.29) is 0 Å². The number of hydrogen-bond acceptors (Lipinski definition) is 2. The fraction of sp³-hybridized carbons (Fsp3) is 0.444. The lowest BCUT2D eigenvalue weighted by atomic mass is 10.1. The SMILES string of the molecule is C=C(C)C(Cc1cnc[nH]1)NC. The molecule has 1 atom stereocenters. The van der Waals surface area contributed by atoms with Gasteiger partial charge in [-0.15, -0.1) is 0 Å². The Morgan fingerprint density at radius 2 is 2.58 bits per heavy atom. The minimum Gasteiger partial charge on any atom is -0.348 e. The standard InChI is InChI=1S/C9H15N3/c1-7(2)9(10-3)4-8-5-11-6-12-8/h5-6,9-10H,1,4H2,2-3H3,(H,11,12). The van der Waals surface area contributed by atoms with E-state index in [0.717, 1.165) is 17.7 Å². The first-order valence-electron chi connectivity index (χ1n) is 4.04. The van der Waals surface area contributed by atoms with Crippen molar-refractivity contribution >= 4 is 0 Å². The summed E-state index contributed by atoms with van der Waals surface area (Å²) in [6.45, 7) is 5.94. The van der Waals surface area contributed by atoms with Crippen LogP contribution in [0.3, 0.4) is 0 Å². The van der Waals surface area contributed by atoms with Crippen LogP contribution in [0.25, 0.3) is 0 Å². The number of rotatable bonds is 4. The van der Waals surface area contributed by atoms with Gasteiger partial charge in [-0.1, -0.05) is 12.2 Å². The summed E-state index contributed by atoms with van der Waals surface area (Å²) in [6, 6.07) is 0.338. The van der Waals surface area contributed by atoms with Crippen molar-refractivity contribution < 1.29 is 0 Å². The van der Waals surface area contributed by atoms with E-state index in [0.29, 0.717) is 6.04 Å². The Hall–Kier alpha value is -1.09. The second kappa shape index (κ2) is 4.07. The predicted octanol–water partition coefficient (Wildman–Crippen LogP) is 1.12. The third-order valence-corrected chi connectivity index (χ3v) is 1.92. The number of imidazole rings is 1. The van der Waals surface area contributed by atoms with Gasteiger partial charge in [-0.3, -0.25) is 0 Å². The molecule has 2 N–H and O–H groups in total. The molecule has 1 heterocycles. The van der Waals surface area contributed by atoms with Crippen LogP contribution in [0.5, 0.6) is 0 Å². The normalized spacial score (nSPS) is 12.8. The van der Waals surface area contributed by atoms with Gasteiger partial charge in [0.2, 0.25) is 0 Å². The van der Waals surface area contributed by atoms with Crippen LogP contribution in [0.1, 0.15) is 12.6 Å². The molecular weight excluding hydrogens is 150 g/mol. The van der Waals surface area contributed by atoms with E-state index in [2.05, 4.69) is 21.9 Å². The monoisotopic (exact) mass is 165 g/mol. The van der Waals surface area contributed by atoms with Crippen molar-refractivity contribution in [1.29, 1.82) is 0 Å². The Morgan fingerprint density at radius 3 is 3.00 bits per heavy atom. The van der Waals surface area contributed by atoms with Crippen LogP contribution in [0, 0.1) is 0 Å². The lowest BCUT2D eigenvalue weighted by Gasteiger charge is -2.14. The van der Waals surface area contributed by atoms with Crippen molar-refractivity contribution in [1.82, 2.24) is 15.3 Å². The Kier molecular flexibility index (Phi) is 3.05. The van der Waals surface area contributed by atoms with Gasteiger partial charge in [0.1, 0.15) is 0 Å². The highest BCUT2D eigenvalue weighted by atomic mass is 14.9. The molecule has 12 heavy (non-hydrogen) atoms. The first kappa shape index (κ1) is 9.00. The van der Waals surface area contributed by atoms with E-state index >= 15 is 0 Å². The number of aromatic amines is 1. The topological polar surface area (TPSA) is 40.7 Å². The lowest BCUT2D eigenvalue weighted by molar-refractivity contribution is 0.627. The third-order valence-electron chi connectivity index (χ3n) is 1.92. The fourth-order valence-corrected chi connectivity index (χ4v) is 1.14. The molecule has 0 aliphatic heterocycles. The van der Waals surface area contributed by atoms with Crippen molar-refractivity contribution in [3.8, 4) is 0 Å². The van der Waals surface area contributed by atoms with Gasteiger partial charge >= 0.3 is 0 Å².